The van der Waals surface area contributed by atoms with Crippen molar-refractivity contribution in [3.63, 3.8) is 0 Å². The summed E-state index contributed by atoms with van der Waals surface area (Å²) in [6, 6.07) is 0.348. The van der Waals surface area contributed by atoms with Crippen molar-refractivity contribution in [2.24, 2.45) is 5.92 Å². The predicted molar refractivity (Wildman–Crippen MR) is 64.1 cm³/mol. The number of nitrogens with zero attached hydrogens (tertiary/aromatic N) is 1. The molecule has 16 heavy (non-hydrogen) atoms. The van der Waals surface area contributed by atoms with Crippen molar-refractivity contribution in [3.05, 3.63) is 0 Å². The Bertz CT molecular complexity index is 221. The average Bonchev–Trinajstić information content (AvgIpc) is 2.34. The predicted octanol–water partition coefficient (Wildman–Crippen LogP) is 0.605. The quantitative estimate of drug-likeness (QED) is 0.725. The monoisotopic (exact) mass is 228 g/mol. The highest BCUT2D eigenvalue weighted by molar-refractivity contribution is 5.76. The van der Waals surface area contributed by atoms with Crippen molar-refractivity contribution in [1.82, 2.24) is 10.2 Å². The minimum atomic E-state index is 0.162. The summed E-state index contributed by atoms with van der Waals surface area (Å²) in [6.07, 6.45) is 2.82. The average molecular weight is 228 g/mol. The molecule has 1 aliphatic rings. The van der Waals surface area contributed by atoms with E-state index in [1.165, 1.54) is 0 Å². The maximum atomic E-state index is 11.7. The Hall–Kier alpha value is -0.610. The van der Waals surface area contributed by atoms with Gasteiger partial charge in [0.15, 0.2) is 0 Å². The van der Waals surface area contributed by atoms with Crippen molar-refractivity contribution in [2.45, 2.75) is 39.2 Å². The fourth-order valence-electron chi connectivity index (χ4n) is 2.34. The second-order valence-electron chi connectivity index (χ2n) is 4.54. The van der Waals surface area contributed by atoms with Gasteiger partial charge in [0, 0.05) is 32.1 Å². The molecule has 1 saturated heterocycles. The molecule has 1 aliphatic heterocycles. The van der Waals surface area contributed by atoms with Crippen LogP contribution >= 0.6 is 0 Å². The summed E-state index contributed by atoms with van der Waals surface area (Å²) >= 11 is 0. The second kappa shape index (κ2) is 6.86. The first-order chi connectivity index (χ1) is 7.71. The first kappa shape index (κ1) is 13.5. The molecule has 1 amide bonds. The van der Waals surface area contributed by atoms with Crippen LogP contribution in [0, 0.1) is 5.92 Å². The van der Waals surface area contributed by atoms with Crippen LogP contribution in [0.4, 0.5) is 0 Å². The third-order valence-corrected chi connectivity index (χ3v) is 3.31. The van der Waals surface area contributed by atoms with Gasteiger partial charge in [-0.25, -0.2) is 0 Å². The van der Waals surface area contributed by atoms with E-state index in [1.54, 1.807) is 0 Å². The van der Waals surface area contributed by atoms with Crippen molar-refractivity contribution in [3.8, 4) is 0 Å². The van der Waals surface area contributed by atoms with Crippen molar-refractivity contribution >= 4 is 5.91 Å². The largest absolute Gasteiger partial charge is 0.395 e. The van der Waals surface area contributed by atoms with Crippen molar-refractivity contribution in [2.75, 3.05) is 26.2 Å². The number of hydrogen-bond donors (Lipinski definition) is 2. The fourth-order valence-corrected chi connectivity index (χ4v) is 2.34. The third kappa shape index (κ3) is 3.76. The summed E-state index contributed by atoms with van der Waals surface area (Å²) in [5, 5.41) is 12.1. The van der Waals surface area contributed by atoms with Crippen molar-refractivity contribution in [1.29, 1.82) is 0 Å². The Kier molecular flexibility index (Phi) is 5.77. The highest BCUT2D eigenvalue weighted by atomic mass is 16.3. The topological polar surface area (TPSA) is 52.6 Å². The molecule has 0 aromatic carbocycles. The van der Waals surface area contributed by atoms with Gasteiger partial charge >= 0.3 is 0 Å². The molecular formula is C12H24N2O2. The fraction of sp³-hybridized carbons (Fsp3) is 0.917. The molecule has 0 aromatic rings. The standard InChI is InChI=1S/C12H24N2O2/c1-3-10-7-11(13-5-6-15)9-14(8-10)12(16)4-2/h10-11,13,15H,3-9H2,1-2H3. The molecule has 2 N–H and O–H groups in total. The van der Waals surface area contributed by atoms with E-state index in [9.17, 15) is 4.79 Å². The van der Waals surface area contributed by atoms with Crippen LogP contribution in [0.25, 0.3) is 0 Å². The maximum Gasteiger partial charge on any atom is 0.222 e. The van der Waals surface area contributed by atoms with E-state index in [-0.39, 0.29) is 12.5 Å². The van der Waals surface area contributed by atoms with E-state index >= 15 is 0 Å². The number of nitrogens with one attached hydrogen (secondary N) is 1. The molecule has 2 atom stereocenters. The Morgan fingerprint density at radius 2 is 2.19 bits per heavy atom. The lowest BCUT2D eigenvalue weighted by atomic mass is 9.92. The number of aliphatic hydroxyl groups is 1. The molecular weight excluding hydrogens is 204 g/mol. The zero-order valence-corrected chi connectivity index (χ0v) is 10.4. The highest BCUT2D eigenvalue weighted by Crippen LogP contribution is 2.20. The molecule has 1 rings (SSSR count). The van der Waals surface area contributed by atoms with E-state index in [0.29, 0.717) is 24.9 Å². The highest BCUT2D eigenvalue weighted by Gasteiger charge is 2.27. The first-order valence-corrected chi connectivity index (χ1v) is 6.33. The van der Waals surface area contributed by atoms with E-state index < -0.39 is 0 Å². The number of carbonyl (C=O) groups is 1. The van der Waals surface area contributed by atoms with Gasteiger partial charge < -0.3 is 15.3 Å². The minimum absolute atomic E-state index is 0.162. The van der Waals surface area contributed by atoms with E-state index in [2.05, 4.69) is 12.2 Å². The third-order valence-electron chi connectivity index (χ3n) is 3.31. The summed E-state index contributed by atoms with van der Waals surface area (Å²) in [4.78, 5) is 13.7. The maximum absolute atomic E-state index is 11.7. The summed E-state index contributed by atoms with van der Waals surface area (Å²) < 4.78 is 0. The Labute approximate surface area is 98.0 Å². The van der Waals surface area contributed by atoms with Crippen LogP contribution in [0.1, 0.15) is 33.1 Å². The molecule has 2 unspecified atom stereocenters. The van der Waals surface area contributed by atoms with Crippen LogP contribution in [-0.4, -0.2) is 48.2 Å². The Balaban J connectivity index is 2.50. The molecule has 94 valence electrons. The number of hydrogen-bond acceptors (Lipinski definition) is 3. The van der Waals surface area contributed by atoms with Crippen LogP contribution in [0.5, 0.6) is 0 Å². The smallest absolute Gasteiger partial charge is 0.222 e. The number of piperidine rings is 1. The Morgan fingerprint density at radius 3 is 2.75 bits per heavy atom. The van der Waals surface area contributed by atoms with Crippen LogP contribution in [0.15, 0.2) is 0 Å². The summed E-state index contributed by atoms with van der Waals surface area (Å²) in [7, 11) is 0. The van der Waals surface area contributed by atoms with Gasteiger partial charge in [-0.15, -0.1) is 0 Å². The lowest BCUT2D eigenvalue weighted by Gasteiger charge is -2.38. The molecule has 1 fully saturated rings. The van der Waals surface area contributed by atoms with Gasteiger partial charge in [0.2, 0.25) is 5.91 Å². The van der Waals surface area contributed by atoms with E-state index in [0.717, 1.165) is 25.9 Å². The molecule has 1 heterocycles. The summed E-state index contributed by atoms with van der Waals surface area (Å²) in [5.41, 5.74) is 0. The number of aliphatic hydroxyl groups excluding tert-OH is 1. The SMILES string of the molecule is CCC(=O)N1CC(CC)CC(NCCO)C1. The molecule has 0 bridgehead atoms. The van der Waals surface area contributed by atoms with Gasteiger partial charge in [-0.1, -0.05) is 20.3 Å². The van der Waals surface area contributed by atoms with Crippen LogP contribution in [-0.2, 0) is 4.79 Å². The zero-order chi connectivity index (χ0) is 12.0. The van der Waals surface area contributed by atoms with E-state index in [4.69, 9.17) is 5.11 Å². The number of carbonyl (C=O) groups excluding carboxylic acids is 1. The van der Waals surface area contributed by atoms with Gasteiger partial charge in [0.1, 0.15) is 0 Å². The lowest BCUT2D eigenvalue weighted by molar-refractivity contribution is -0.133. The van der Waals surface area contributed by atoms with Crippen LogP contribution < -0.4 is 5.32 Å². The van der Waals surface area contributed by atoms with Gasteiger partial charge in [-0.2, -0.15) is 0 Å². The molecule has 4 nitrogen and oxygen atoms in total. The first-order valence-electron chi connectivity index (χ1n) is 6.33. The number of amides is 1. The molecule has 0 spiro atoms. The van der Waals surface area contributed by atoms with E-state index in [1.807, 2.05) is 11.8 Å². The van der Waals surface area contributed by atoms with Crippen LogP contribution in [0.2, 0.25) is 0 Å². The lowest BCUT2D eigenvalue weighted by Crippen LogP contribution is -2.51. The molecule has 0 saturated carbocycles. The molecule has 0 aliphatic carbocycles. The molecule has 0 radical (unpaired) electrons. The van der Waals surface area contributed by atoms with Crippen LogP contribution in [0.3, 0.4) is 0 Å². The molecule has 4 heteroatoms. The summed E-state index contributed by atoms with van der Waals surface area (Å²) in [6.45, 7) is 6.57. The molecule has 0 aromatic heterocycles. The zero-order valence-electron chi connectivity index (χ0n) is 10.4. The van der Waals surface area contributed by atoms with Gasteiger partial charge in [0.05, 0.1) is 6.61 Å². The van der Waals surface area contributed by atoms with Gasteiger partial charge in [-0.3, -0.25) is 4.79 Å². The number of rotatable bonds is 5. The second-order valence-corrected chi connectivity index (χ2v) is 4.54. The van der Waals surface area contributed by atoms with Gasteiger partial charge in [0.25, 0.3) is 0 Å². The Morgan fingerprint density at radius 1 is 1.44 bits per heavy atom. The minimum Gasteiger partial charge on any atom is -0.395 e. The van der Waals surface area contributed by atoms with Gasteiger partial charge in [-0.05, 0) is 12.3 Å². The number of likely N-dealkylation sites (tertiary alicyclic amines) is 1. The summed E-state index contributed by atoms with van der Waals surface area (Å²) in [5.74, 6) is 0.842. The van der Waals surface area contributed by atoms with Crippen molar-refractivity contribution < 1.29 is 9.90 Å². The normalized spacial score (nSPS) is 25.8.